The van der Waals surface area contributed by atoms with E-state index in [0.717, 1.165) is 16.7 Å². The Hall–Kier alpha value is -4.10. The normalized spacial score (nSPS) is 13.0. The van der Waals surface area contributed by atoms with E-state index in [4.69, 9.17) is 13.9 Å². The second kappa shape index (κ2) is 11.1. The van der Waals surface area contributed by atoms with Gasteiger partial charge >= 0.3 is 11.8 Å². The predicted molar refractivity (Wildman–Crippen MR) is 133 cm³/mol. The second-order valence-electron chi connectivity index (χ2n) is 9.31. The molecule has 0 aliphatic carbocycles. The summed E-state index contributed by atoms with van der Waals surface area (Å²) in [7, 11) is 3.00. The maximum absolute atomic E-state index is 12.6. The van der Waals surface area contributed by atoms with Crippen LogP contribution in [0, 0.1) is 11.3 Å². The van der Waals surface area contributed by atoms with Crippen molar-refractivity contribution in [3.8, 4) is 17.2 Å². The quantitative estimate of drug-likeness (QED) is 0.491. The molecule has 10 nitrogen and oxygen atoms in total. The number of nitrogens with zero attached hydrogens (tertiary/aromatic N) is 2. The summed E-state index contributed by atoms with van der Waals surface area (Å²) in [6.07, 6.45) is -1.36. The van der Waals surface area contributed by atoms with Crippen molar-refractivity contribution >= 4 is 23.1 Å². The summed E-state index contributed by atoms with van der Waals surface area (Å²) in [5, 5.41) is 14.7. The number of carbonyl (C=O) groups is 2. The van der Waals surface area contributed by atoms with Crippen LogP contribution in [0.2, 0.25) is 0 Å². The highest BCUT2D eigenvalue weighted by Crippen LogP contribution is 2.24. The third kappa shape index (κ3) is 6.73. The molecule has 0 aliphatic rings. The molecular weight excluding hydrogens is 464 g/mol. The number of rotatable bonds is 8. The number of nitrogens with one attached hydrogen (secondary N) is 2. The molecule has 0 bridgehead atoms. The SMILES string of the molecule is CO[C@H](CNC(=O)OC(C)(C)C)C(=O)N[C@H](C#N)Cc1ccc(-c2ccc3oc(=O)n(C)c3c2)cc1. The van der Waals surface area contributed by atoms with Gasteiger partial charge < -0.3 is 24.5 Å². The number of hydrogen-bond acceptors (Lipinski definition) is 7. The van der Waals surface area contributed by atoms with Crippen LogP contribution in [-0.4, -0.2) is 48.0 Å². The van der Waals surface area contributed by atoms with Crippen LogP contribution in [0.3, 0.4) is 0 Å². The number of nitriles is 1. The zero-order valence-corrected chi connectivity index (χ0v) is 21.0. The first kappa shape index (κ1) is 26.5. The first-order valence-corrected chi connectivity index (χ1v) is 11.4. The molecule has 0 unspecified atom stereocenters. The first-order valence-electron chi connectivity index (χ1n) is 11.4. The molecule has 0 saturated heterocycles. The van der Waals surface area contributed by atoms with Gasteiger partial charge in [0.05, 0.1) is 18.1 Å². The van der Waals surface area contributed by atoms with Crippen molar-refractivity contribution in [1.82, 2.24) is 15.2 Å². The Bertz CT molecular complexity index is 1330. The van der Waals surface area contributed by atoms with Crippen LogP contribution < -0.4 is 16.4 Å². The number of aryl methyl sites for hydroxylation is 1. The van der Waals surface area contributed by atoms with Gasteiger partial charge in [-0.25, -0.2) is 9.59 Å². The molecule has 0 radical (unpaired) electrons. The summed E-state index contributed by atoms with van der Waals surface area (Å²) in [4.78, 5) is 36.2. The molecular formula is C26H30N4O6. The Morgan fingerprint density at radius 3 is 2.42 bits per heavy atom. The van der Waals surface area contributed by atoms with E-state index >= 15 is 0 Å². The number of fused-ring (bicyclic) bond motifs is 1. The summed E-state index contributed by atoms with van der Waals surface area (Å²) in [5.41, 5.74) is 3.24. The Morgan fingerprint density at radius 1 is 1.14 bits per heavy atom. The van der Waals surface area contributed by atoms with Crippen LogP contribution in [-0.2, 0) is 27.7 Å². The van der Waals surface area contributed by atoms with Crippen molar-refractivity contribution in [1.29, 1.82) is 5.26 Å². The van der Waals surface area contributed by atoms with Crippen LogP contribution in [0.5, 0.6) is 0 Å². The molecule has 1 heterocycles. The van der Waals surface area contributed by atoms with Crippen molar-refractivity contribution < 1.29 is 23.5 Å². The lowest BCUT2D eigenvalue weighted by Gasteiger charge is -2.22. The van der Waals surface area contributed by atoms with E-state index in [1.54, 1.807) is 33.9 Å². The molecule has 2 atom stereocenters. The summed E-state index contributed by atoms with van der Waals surface area (Å²) < 4.78 is 16.9. The molecule has 190 valence electrons. The maximum Gasteiger partial charge on any atom is 0.419 e. The standard InChI is InChI=1S/C26H30N4O6/c1-26(2,3)36-24(32)28-15-22(34-5)23(31)29-19(14-27)12-16-6-8-17(9-7-16)18-10-11-21-20(13-18)30(4)25(33)35-21/h6-11,13,19,22H,12,15H2,1-5H3,(H,28,32)(H,29,31)/t19-,22+/m0/s1. The number of methoxy groups -OCH3 is 1. The molecule has 0 spiro atoms. The number of benzene rings is 2. The number of hydrogen-bond donors (Lipinski definition) is 2. The van der Waals surface area contributed by atoms with Gasteiger partial charge in [-0.05, 0) is 49.6 Å². The lowest BCUT2D eigenvalue weighted by Crippen LogP contribution is -2.48. The molecule has 0 aliphatic heterocycles. The van der Waals surface area contributed by atoms with E-state index in [1.807, 2.05) is 36.4 Å². The number of amides is 2. The summed E-state index contributed by atoms with van der Waals surface area (Å²) in [6, 6.07) is 14.4. The fraction of sp³-hybridized carbons (Fsp3) is 0.385. The number of oxazole rings is 1. The Balaban J connectivity index is 1.61. The molecule has 36 heavy (non-hydrogen) atoms. The number of carbonyl (C=O) groups excluding carboxylic acids is 2. The topological polar surface area (TPSA) is 136 Å². The maximum atomic E-state index is 12.6. The molecule has 1 aromatic heterocycles. The van der Waals surface area contributed by atoms with Gasteiger partial charge in [0.2, 0.25) is 0 Å². The van der Waals surface area contributed by atoms with Gasteiger partial charge in [-0.1, -0.05) is 30.3 Å². The molecule has 2 amide bonds. The van der Waals surface area contributed by atoms with Crippen molar-refractivity contribution in [2.45, 2.75) is 44.9 Å². The number of aromatic nitrogens is 1. The highest BCUT2D eigenvalue weighted by Gasteiger charge is 2.23. The molecule has 3 rings (SSSR count). The van der Waals surface area contributed by atoms with Crippen LogP contribution in [0.25, 0.3) is 22.2 Å². The fourth-order valence-corrected chi connectivity index (χ4v) is 3.54. The lowest BCUT2D eigenvalue weighted by molar-refractivity contribution is -0.131. The average Bonchev–Trinajstić information content (AvgIpc) is 3.11. The molecule has 0 fully saturated rings. The predicted octanol–water partition coefficient (Wildman–Crippen LogP) is 2.89. The van der Waals surface area contributed by atoms with Gasteiger partial charge in [0.15, 0.2) is 11.7 Å². The zero-order valence-electron chi connectivity index (χ0n) is 21.0. The van der Waals surface area contributed by atoms with Gasteiger partial charge in [-0.15, -0.1) is 0 Å². The minimum atomic E-state index is -0.982. The average molecular weight is 495 g/mol. The first-order chi connectivity index (χ1) is 17.0. The molecule has 0 saturated carbocycles. The van der Waals surface area contributed by atoms with Crippen molar-refractivity contribution in [3.63, 3.8) is 0 Å². The van der Waals surface area contributed by atoms with Gasteiger partial charge in [-0.2, -0.15) is 5.26 Å². The molecule has 2 N–H and O–H groups in total. The van der Waals surface area contributed by atoms with E-state index in [0.29, 0.717) is 11.1 Å². The summed E-state index contributed by atoms with van der Waals surface area (Å²) in [5.74, 6) is -0.936. The van der Waals surface area contributed by atoms with E-state index < -0.39 is 35.5 Å². The van der Waals surface area contributed by atoms with E-state index in [-0.39, 0.29) is 13.0 Å². The van der Waals surface area contributed by atoms with Crippen molar-refractivity contribution in [3.05, 3.63) is 58.6 Å². The van der Waals surface area contributed by atoms with Gasteiger partial charge in [0, 0.05) is 20.6 Å². The summed E-state index contributed by atoms with van der Waals surface area (Å²) >= 11 is 0. The second-order valence-corrected chi connectivity index (χ2v) is 9.31. The smallest absolute Gasteiger partial charge is 0.419 e. The number of alkyl carbamates (subject to hydrolysis) is 1. The van der Waals surface area contributed by atoms with Crippen LogP contribution in [0.15, 0.2) is 51.7 Å². The molecule has 2 aromatic carbocycles. The van der Waals surface area contributed by atoms with Crippen LogP contribution in [0.4, 0.5) is 4.79 Å². The van der Waals surface area contributed by atoms with Gasteiger partial charge in [0.25, 0.3) is 5.91 Å². The van der Waals surface area contributed by atoms with Crippen molar-refractivity contribution in [2.75, 3.05) is 13.7 Å². The Morgan fingerprint density at radius 2 is 1.81 bits per heavy atom. The minimum Gasteiger partial charge on any atom is -0.444 e. The van der Waals surface area contributed by atoms with E-state index in [2.05, 4.69) is 16.7 Å². The highest BCUT2D eigenvalue weighted by atomic mass is 16.6. The van der Waals surface area contributed by atoms with E-state index in [1.165, 1.54) is 11.7 Å². The Kier molecular flexibility index (Phi) is 8.17. The molecule has 10 heteroatoms. The summed E-state index contributed by atoms with van der Waals surface area (Å²) in [6.45, 7) is 5.10. The minimum absolute atomic E-state index is 0.101. The number of ether oxygens (including phenoxy) is 2. The Labute approximate surface area is 208 Å². The van der Waals surface area contributed by atoms with Crippen LogP contribution in [0.1, 0.15) is 26.3 Å². The van der Waals surface area contributed by atoms with Crippen LogP contribution >= 0.6 is 0 Å². The largest absolute Gasteiger partial charge is 0.444 e. The third-order valence-corrected chi connectivity index (χ3v) is 5.40. The fourth-order valence-electron chi connectivity index (χ4n) is 3.54. The van der Waals surface area contributed by atoms with Gasteiger partial charge in [0.1, 0.15) is 11.6 Å². The third-order valence-electron chi connectivity index (χ3n) is 5.40. The lowest BCUT2D eigenvalue weighted by atomic mass is 10.0. The van der Waals surface area contributed by atoms with Crippen molar-refractivity contribution in [2.24, 2.45) is 7.05 Å². The highest BCUT2D eigenvalue weighted by molar-refractivity contribution is 5.82. The molecule has 3 aromatic rings. The monoisotopic (exact) mass is 494 g/mol. The van der Waals surface area contributed by atoms with Gasteiger partial charge in [-0.3, -0.25) is 9.36 Å². The zero-order chi connectivity index (χ0) is 26.5. The van der Waals surface area contributed by atoms with E-state index in [9.17, 15) is 19.6 Å².